The molecule has 140 valence electrons. The highest BCUT2D eigenvalue weighted by atomic mass is 35.5. The standard InChI is InChI=1S/C16H23N5O2.2ClH/c1-10(2)14(15-20-19-13-5-3-4-8-21(13)15)18-16(22)12-7-6-11(9-17)23-12;;/h3-5,8,10-12,14H,6-7,9,17H2,1-2H3,(H,18,22);2*1H/t11-,12+,14?;;/m1../s1. The van der Waals surface area contributed by atoms with Crippen LogP contribution in [0.3, 0.4) is 0 Å². The Balaban J connectivity index is 0.00000156. The number of nitrogens with two attached hydrogens (primary N) is 1. The van der Waals surface area contributed by atoms with Crippen molar-refractivity contribution in [3.05, 3.63) is 30.2 Å². The number of nitrogens with one attached hydrogen (secondary N) is 1. The number of aromatic nitrogens is 3. The molecule has 0 bridgehead atoms. The van der Waals surface area contributed by atoms with Gasteiger partial charge >= 0.3 is 0 Å². The third-order valence-electron chi connectivity index (χ3n) is 4.25. The second-order valence-electron chi connectivity index (χ2n) is 6.28. The number of fused-ring (bicyclic) bond motifs is 1. The molecule has 25 heavy (non-hydrogen) atoms. The number of halogens is 2. The van der Waals surface area contributed by atoms with Crippen molar-refractivity contribution < 1.29 is 9.53 Å². The van der Waals surface area contributed by atoms with Gasteiger partial charge in [-0.15, -0.1) is 35.0 Å². The number of ether oxygens (including phenoxy) is 1. The van der Waals surface area contributed by atoms with Gasteiger partial charge in [0.2, 0.25) is 5.91 Å². The first-order chi connectivity index (χ1) is 11.1. The molecule has 3 atom stereocenters. The van der Waals surface area contributed by atoms with Gasteiger partial charge in [-0.05, 0) is 30.9 Å². The Kier molecular flexibility index (Phi) is 8.08. The third kappa shape index (κ3) is 4.61. The molecule has 1 unspecified atom stereocenters. The monoisotopic (exact) mass is 389 g/mol. The van der Waals surface area contributed by atoms with Crippen LogP contribution in [0.1, 0.15) is 38.6 Å². The maximum Gasteiger partial charge on any atom is 0.249 e. The van der Waals surface area contributed by atoms with Crippen molar-refractivity contribution in [1.82, 2.24) is 19.9 Å². The van der Waals surface area contributed by atoms with E-state index >= 15 is 0 Å². The van der Waals surface area contributed by atoms with Crippen molar-refractivity contribution in [2.45, 2.75) is 44.9 Å². The van der Waals surface area contributed by atoms with Crippen LogP contribution in [0.25, 0.3) is 5.65 Å². The lowest BCUT2D eigenvalue weighted by Crippen LogP contribution is -2.40. The Morgan fingerprint density at radius 2 is 2.12 bits per heavy atom. The molecule has 0 radical (unpaired) electrons. The van der Waals surface area contributed by atoms with Gasteiger partial charge in [0.25, 0.3) is 0 Å². The van der Waals surface area contributed by atoms with Crippen LogP contribution in [0.4, 0.5) is 0 Å². The van der Waals surface area contributed by atoms with Crippen LogP contribution in [0.5, 0.6) is 0 Å². The Hall–Kier alpha value is -1.41. The zero-order valence-corrected chi connectivity index (χ0v) is 15.9. The van der Waals surface area contributed by atoms with E-state index < -0.39 is 6.10 Å². The topological polar surface area (TPSA) is 94.5 Å². The molecule has 9 heteroatoms. The van der Waals surface area contributed by atoms with Crippen molar-refractivity contribution in [3.63, 3.8) is 0 Å². The summed E-state index contributed by atoms with van der Waals surface area (Å²) >= 11 is 0. The summed E-state index contributed by atoms with van der Waals surface area (Å²) in [5.74, 6) is 0.808. The molecule has 0 aliphatic carbocycles. The van der Waals surface area contributed by atoms with E-state index in [1.54, 1.807) is 0 Å². The first-order valence-corrected chi connectivity index (χ1v) is 8.05. The maximum atomic E-state index is 12.5. The summed E-state index contributed by atoms with van der Waals surface area (Å²) in [4.78, 5) is 12.5. The molecular formula is C16H25Cl2N5O2. The second-order valence-corrected chi connectivity index (χ2v) is 6.28. The fraction of sp³-hybridized carbons (Fsp3) is 0.562. The minimum absolute atomic E-state index is 0. The number of rotatable bonds is 5. The molecule has 3 N–H and O–H groups in total. The van der Waals surface area contributed by atoms with Gasteiger partial charge in [0.15, 0.2) is 11.5 Å². The van der Waals surface area contributed by atoms with E-state index in [4.69, 9.17) is 10.5 Å². The number of hydrogen-bond donors (Lipinski definition) is 2. The van der Waals surface area contributed by atoms with Gasteiger partial charge in [-0.3, -0.25) is 9.20 Å². The summed E-state index contributed by atoms with van der Waals surface area (Å²) in [5.41, 5.74) is 6.37. The van der Waals surface area contributed by atoms with Gasteiger partial charge in [0.1, 0.15) is 6.10 Å². The number of nitrogens with zero attached hydrogens (tertiary/aromatic N) is 3. The molecule has 2 aromatic rings. The molecule has 1 amide bonds. The molecule has 0 saturated carbocycles. The lowest BCUT2D eigenvalue weighted by molar-refractivity contribution is -0.133. The molecule has 7 nitrogen and oxygen atoms in total. The van der Waals surface area contributed by atoms with Gasteiger partial charge in [-0.2, -0.15) is 0 Å². The van der Waals surface area contributed by atoms with Crippen LogP contribution in [-0.2, 0) is 9.53 Å². The van der Waals surface area contributed by atoms with Crippen LogP contribution < -0.4 is 11.1 Å². The predicted octanol–water partition coefficient (Wildman–Crippen LogP) is 1.89. The minimum Gasteiger partial charge on any atom is -0.364 e. The highest BCUT2D eigenvalue weighted by Gasteiger charge is 2.32. The average molecular weight is 390 g/mol. The van der Waals surface area contributed by atoms with Gasteiger partial charge in [0, 0.05) is 12.7 Å². The number of amides is 1. The SMILES string of the molecule is CC(C)C(NC(=O)[C@@H]1CC[C@H](CN)O1)c1nnc2ccccn12.Cl.Cl. The van der Waals surface area contributed by atoms with Crippen LogP contribution in [0, 0.1) is 5.92 Å². The van der Waals surface area contributed by atoms with E-state index in [1.807, 2.05) is 42.6 Å². The molecular weight excluding hydrogens is 365 g/mol. The molecule has 2 aromatic heterocycles. The van der Waals surface area contributed by atoms with Crippen LogP contribution in [-0.4, -0.2) is 39.3 Å². The van der Waals surface area contributed by atoms with Crippen molar-refractivity contribution in [2.75, 3.05) is 6.54 Å². The normalized spacial score (nSPS) is 20.8. The van der Waals surface area contributed by atoms with E-state index in [0.717, 1.165) is 17.9 Å². The maximum absolute atomic E-state index is 12.5. The predicted molar refractivity (Wildman–Crippen MR) is 100 cm³/mol. The first-order valence-electron chi connectivity index (χ1n) is 8.05. The smallest absolute Gasteiger partial charge is 0.249 e. The van der Waals surface area contributed by atoms with Crippen molar-refractivity contribution in [1.29, 1.82) is 0 Å². The molecule has 1 saturated heterocycles. The first kappa shape index (κ1) is 21.6. The largest absolute Gasteiger partial charge is 0.364 e. The zero-order valence-electron chi connectivity index (χ0n) is 14.3. The van der Waals surface area contributed by atoms with Crippen molar-refractivity contribution in [3.8, 4) is 0 Å². The number of carbonyl (C=O) groups excluding carboxylic acids is 1. The van der Waals surface area contributed by atoms with Gasteiger partial charge in [0.05, 0.1) is 12.1 Å². The van der Waals surface area contributed by atoms with E-state index in [-0.39, 0.29) is 48.8 Å². The Morgan fingerprint density at radius 1 is 1.36 bits per heavy atom. The summed E-state index contributed by atoms with van der Waals surface area (Å²) in [6.45, 7) is 4.55. The minimum atomic E-state index is -0.427. The lowest BCUT2D eigenvalue weighted by Gasteiger charge is -2.23. The molecule has 0 aromatic carbocycles. The Labute approximate surface area is 159 Å². The molecule has 1 fully saturated rings. The van der Waals surface area contributed by atoms with Gasteiger partial charge in [-0.1, -0.05) is 19.9 Å². The zero-order chi connectivity index (χ0) is 16.4. The molecule has 1 aliphatic heterocycles. The summed E-state index contributed by atoms with van der Waals surface area (Å²) in [6, 6.07) is 5.50. The van der Waals surface area contributed by atoms with Crippen molar-refractivity contribution >= 4 is 36.4 Å². The number of hydrogen-bond acceptors (Lipinski definition) is 5. The van der Waals surface area contributed by atoms with Gasteiger partial charge < -0.3 is 15.8 Å². The number of carbonyl (C=O) groups is 1. The summed E-state index contributed by atoms with van der Waals surface area (Å²) in [5, 5.41) is 11.5. The molecule has 3 heterocycles. The van der Waals surface area contributed by atoms with E-state index in [1.165, 1.54) is 0 Å². The quantitative estimate of drug-likeness (QED) is 0.813. The molecule has 3 rings (SSSR count). The van der Waals surface area contributed by atoms with Crippen molar-refractivity contribution in [2.24, 2.45) is 11.7 Å². The average Bonchev–Trinajstić information content (AvgIpc) is 3.19. The third-order valence-corrected chi connectivity index (χ3v) is 4.25. The lowest BCUT2D eigenvalue weighted by atomic mass is 10.0. The second kappa shape index (κ2) is 9.33. The Morgan fingerprint density at radius 3 is 2.76 bits per heavy atom. The van der Waals surface area contributed by atoms with Crippen LogP contribution >= 0.6 is 24.8 Å². The fourth-order valence-electron chi connectivity index (χ4n) is 2.92. The molecule has 1 aliphatic rings. The summed E-state index contributed by atoms with van der Waals surface area (Å²) in [7, 11) is 0. The highest BCUT2D eigenvalue weighted by molar-refractivity contribution is 5.85. The van der Waals surface area contributed by atoms with E-state index in [0.29, 0.717) is 13.0 Å². The Bertz CT molecular complexity index is 694. The highest BCUT2D eigenvalue weighted by Crippen LogP contribution is 2.24. The summed E-state index contributed by atoms with van der Waals surface area (Å²) in [6.07, 6.45) is 3.00. The number of pyridine rings is 1. The van der Waals surface area contributed by atoms with Gasteiger partial charge in [-0.25, -0.2) is 0 Å². The van der Waals surface area contributed by atoms with E-state index in [2.05, 4.69) is 15.5 Å². The van der Waals surface area contributed by atoms with Crippen LogP contribution in [0.15, 0.2) is 24.4 Å². The van der Waals surface area contributed by atoms with E-state index in [9.17, 15) is 4.79 Å². The summed E-state index contributed by atoms with van der Waals surface area (Å²) < 4.78 is 7.58. The molecule has 0 spiro atoms. The van der Waals surface area contributed by atoms with Crippen LogP contribution in [0.2, 0.25) is 0 Å². The fourth-order valence-corrected chi connectivity index (χ4v) is 2.92.